The Hall–Kier alpha value is -4.53. The zero-order chi connectivity index (χ0) is 26.2. The molecule has 0 radical (unpaired) electrons. The predicted octanol–water partition coefficient (Wildman–Crippen LogP) is 3.00. The van der Waals surface area contributed by atoms with Crippen LogP contribution in [0.3, 0.4) is 0 Å². The first kappa shape index (κ1) is 23.8. The number of fused-ring (bicyclic) bond motifs is 5. The monoisotopic (exact) mass is 513 g/mol. The minimum absolute atomic E-state index is 0.00978. The Morgan fingerprint density at radius 3 is 2.68 bits per heavy atom. The van der Waals surface area contributed by atoms with Crippen molar-refractivity contribution in [2.45, 2.75) is 18.9 Å². The summed E-state index contributed by atoms with van der Waals surface area (Å²) in [5.74, 6) is 1.02. The molecule has 3 aromatic rings. The molecule has 0 aliphatic carbocycles. The molecule has 2 bridgehead atoms. The number of pyridine rings is 1. The molecule has 194 valence electrons. The van der Waals surface area contributed by atoms with Crippen LogP contribution in [0.15, 0.2) is 71.2 Å². The molecule has 38 heavy (non-hydrogen) atoms. The van der Waals surface area contributed by atoms with Gasteiger partial charge < -0.3 is 29.0 Å². The Bertz CT molecular complexity index is 1500. The Morgan fingerprint density at radius 1 is 1.03 bits per heavy atom. The fourth-order valence-corrected chi connectivity index (χ4v) is 5.57. The minimum atomic E-state index is -0.382. The summed E-state index contributed by atoms with van der Waals surface area (Å²) in [6.07, 6.45) is 2.55. The van der Waals surface area contributed by atoms with E-state index in [4.69, 9.17) is 14.2 Å². The lowest BCUT2D eigenvalue weighted by atomic mass is 9.83. The third-order valence-electron chi connectivity index (χ3n) is 7.27. The highest BCUT2D eigenvalue weighted by Gasteiger charge is 2.37. The van der Waals surface area contributed by atoms with Crippen molar-refractivity contribution in [3.05, 3.63) is 93.5 Å². The second-order valence-corrected chi connectivity index (χ2v) is 9.74. The van der Waals surface area contributed by atoms with Crippen molar-refractivity contribution in [3.63, 3.8) is 0 Å². The van der Waals surface area contributed by atoms with E-state index in [-0.39, 0.29) is 41.7 Å². The third kappa shape index (κ3) is 4.40. The van der Waals surface area contributed by atoms with Gasteiger partial charge in [-0.2, -0.15) is 0 Å². The third-order valence-corrected chi connectivity index (χ3v) is 7.27. The largest absolute Gasteiger partial charge is 0.493 e. The fourth-order valence-electron chi connectivity index (χ4n) is 5.57. The van der Waals surface area contributed by atoms with Crippen molar-refractivity contribution in [3.8, 4) is 17.2 Å². The summed E-state index contributed by atoms with van der Waals surface area (Å²) in [6, 6.07) is 17.6. The molecule has 9 heteroatoms. The number of rotatable bonds is 5. The van der Waals surface area contributed by atoms with E-state index in [0.717, 1.165) is 12.1 Å². The number of nitrogens with zero attached hydrogens (tertiary/aromatic N) is 2. The first-order valence-electron chi connectivity index (χ1n) is 12.5. The number of methoxy groups -OCH3 is 1. The second-order valence-electron chi connectivity index (χ2n) is 9.74. The SMILES string of the molecule is COc1cc(/C=C(\NC(=O)c2ccccc2)C(=O)N2CC3CC(C2)c2cccc(=O)n2C3)cc2c1OCO2. The maximum atomic E-state index is 14.0. The average molecular weight is 514 g/mol. The number of carbonyl (C=O) groups excluding carboxylic acids is 2. The Morgan fingerprint density at radius 2 is 1.87 bits per heavy atom. The number of piperidine rings is 1. The van der Waals surface area contributed by atoms with Crippen molar-refractivity contribution in [2.75, 3.05) is 27.0 Å². The summed E-state index contributed by atoms with van der Waals surface area (Å²) < 4.78 is 18.3. The molecule has 2 unspecified atom stereocenters. The molecule has 3 aliphatic heterocycles. The molecular formula is C29H27N3O6. The van der Waals surface area contributed by atoms with Gasteiger partial charge in [0.05, 0.1) is 7.11 Å². The number of aromatic nitrogens is 1. The zero-order valence-corrected chi connectivity index (χ0v) is 20.9. The van der Waals surface area contributed by atoms with Crippen molar-refractivity contribution >= 4 is 17.9 Å². The lowest BCUT2D eigenvalue weighted by Crippen LogP contribution is -2.50. The van der Waals surface area contributed by atoms with E-state index in [1.54, 1.807) is 59.5 Å². The Kier molecular flexibility index (Phi) is 6.11. The van der Waals surface area contributed by atoms with Crippen molar-refractivity contribution < 1.29 is 23.8 Å². The molecule has 1 aromatic heterocycles. The summed E-state index contributed by atoms with van der Waals surface area (Å²) in [5.41, 5.74) is 2.15. The maximum Gasteiger partial charge on any atom is 0.270 e. The molecule has 2 aromatic carbocycles. The predicted molar refractivity (Wildman–Crippen MR) is 139 cm³/mol. The molecule has 1 saturated heterocycles. The van der Waals surface area contributed by atoms with Gasteiger partial charge in [0.25, 0.3) is 17.4 Å². The summed E-state index contributed by atoms with van der Waals surface area (Å²) in [6.45, 7) is 1.61. The van der Waals surface area contributed by atoms with Crippen LogP contribution in [0.5, 0.6) is 17.2 Å². The van der Waals surface area contributed by atoms with Crippen LogP contribution in [-0.4, -0.2) is 48.3 Å². The van der Waals surface area contributed by atoms with Crippen LogP contribution < -0.4 is 25.1 Å². The van der Waals surface area contributed by atoms with Crippen molar-refractivity contribution in [1.82, 2.24) is 14.8 Å². The molecule has 2 amide bonds. The number of benzene rings is 2. The van der Waals surface area contributed by atoms with Gasteiger partial charge in [-0.15, -0.1) is 0 Å². The van der Waals surface area contributed by atoms with Crippen LogP contribution in [0.4, 0.5) is 0 Å². The Balaban J connectivity index is 1.34. The van der Waals surface area contributed by atoms with Crippen LogP contribution in [0.1, 0.15) is 34.0 Å². The lowest BCUT2D eigenvalue weighted by Gasteiger charge is -2.43. The minimum Gasteiger partial charge on any atom is -0.493 e. The summed E-state index contributed by atoms with van der Waals surface area (Å²) >= 11 is 0. The number of hydrogen-bond acceptors (Lipinski definition) is 6. The van der Waals surface area contributed by atoms with Gasteiger partial charge >= 0.3 is 0 Å². The van der Waals surface area contributed by atoms with E-state index in [1.165, 1.54) is 7.11 Å². The normalized spacial score (nSPS) is 19.5. The van der Waals surface area contributed by atoms with Gasteiger partial charge in [0, 0.05) is 42.9 Å². The molecule has 0 saturated carbocycles. The summed E-state index contributed by atoms with van der Waals surface area (Å²) in [5, 5.41) is 2.84. The maximum absolute atomic E-state index is 14.0. The highest BCUT2D eigenvalue weighted by Crippen LogP contribution is 2.42. The van der Waals surface area contributed by atoms with Crippen LogP contribution in [0.25, 0.3) is 6.08 Å². The molecule has 9 nitrogen and oxygen atoms in total. The summed E-state index contributed by atoms with van der Waals surface area (Å²) in [7, 11) is 1.53. The molecule has 2 atom stereocenters. The molecule has 1 fully saturated rings. The first-order valence-corrected chi connectivity index (χ1v) is 12.5. The average Bonchev–Trinajstić information content (AvgIpc) is 3.41. The van der Waals surface area contributed by atoms with E-state index in [9.17, 15) is 14.4 Å². The highest BCUT2D eigenvalue weighted by molar-refractivity contribution is 6.05. The molecule has 0 spiro atoms. The van der Waals surface area contributed by atoms with Crippen LogP contribution in [0, 0.1) is 5.92 Å². The van der Waals surface area contributed by atoms with Gasteiger partial charge in [-0.1, -0.05) is 24.3 Å². The van der Waals surface area contributed by atoms with Gasteiger partial charge in [-0.25, -0.2) is 0 Å². The smallest absolute Gasteiger partial charge is 0.270 e. The molecule has 4 heterocycles. The van der Waals surface area contributed by atoms with Crippen LogP contribution in [-0.2, 0) is 11.3 Å². The van der Waals surface area contributed by atoms with Gasteiger partial charge in [0.15, 0.2) is 11.5 Å². The number of carbonyl (C=O) groups is 2. The lowest BCUT2D eigenvalue weighted by molar-refractivity contribution is -0.130. The number of likely N-dealkylation sites (tertiary alicyclic amines) is 1. The van der Waals surface area contributed by atoms with Crippen LogP contribution in [0.2, 0.25) is 0 Å². The van der Waals surface area contributed by atoms with Crippen LogP contribution >= 0.6 is 0 Å². The van der Waals surface area contributed by atoms with E-state index < -0.39 is 0 Å². The van der Waals surface area contributed by atoms with E-state index in [0.29, 0.717) is 48.0 Å². The van der Waals surface area contributed by atoms with E-state index >= 15 is 0 Å². The van der Waals surface area contributed by atoms with Gasteiger partial charge in [0.2, 0.25) is 12.5 Å². The van der Waals surface area contributed by atoms with E-state index in [1.807, 2.05) is 16.7 Å². The standard InChI is InChI=1S/C29H27N3O6/c1-36-24-12-18(13-25-27(24)38-17-37-25)11-22(30-28(34)20-6-3-2-4-7-20)29(35)31-14-19-10-21(16-31)23-8-5-9-26(33)32(23)15-19/h2-9,11-13,19,21H,10,14-17H2,1H3,(H,30,34)/b22-11-. The second kappa shape index (κ2) is 9.74. The molecular weight excluding hydrogens is 486 g/mol. The van der Waals surface area contributed by atoms with E-state index in [2.05, 4.69) is 5.32 Å². The number of hydrogen-bond donors (Lipinski definition) is 1. The summed E-state index contributed by atoms with van der Waals surface area (Å²) in [4.78, 5) is 41.3. The molecule has 1 N–H and O–H groups in total. The number of amides is 2. The Labute approximate surface area is 219 Å². The topological polar surface area (TPSA) is 99.1 Å². The molecule has 3 aliphatic rings. The van der Waals surface area contributed by atoms with Crippen molar-refractivity contribution in [1.29, 1.82) is 0 Å². The fraction of sp³-hybridized carbons (Fsp3) is 0.276. The first-order chi connectivity index (χ1) is 18.5. The quantitative estimate of drug-likeness (QED) is 0.527. The number of nitrogens with one attached hydrogen (secondary N) is 1. The van der Waals surface area contributed by atoms with Gasteiger partial charge in [-0.05, 0) is 54.3 Å². The van der Waals surface area contributed by atoms with Gasteiger partial charge in [-0.3, -0.25) is 14.4 Å². The molecule has 6 rings (SSSR count). The highest BCUT2D eigenvalue weighted by atomic mass is 16.7. The number of ether oxygens (including phenoxy) is 3. The van der Waals surface area contributed by atoms with Gasteiger partial charge in [0.1, 0.15) is 5.70 Å². The zero-order valence-electron chi connectivity index (χ0n) is 20.9. The van der Waals surface area contributed by atoms with Crippen molar-refractivity contribution in [2.24, 2.45) is 5.92 Å².